The molecule has 0 saturated heterocycles. The quantitative estimate of drug-likeness (QED) is 0.657. The third-order valence-corrected chi connectivity index (χ3v) is 3.26. The second kappa shape index (κ2) is 4.42. The van der Waals surface area contributed by atoms with Gasteiger partial charge in [-0.1, -0.05) is 0 Å². The van der Waals surface area contributed by atoms with E-state index in [0.717, 1.165) is 16.0 Å². The normalized spacial score (nSPS) is 10.3. The van der Waals surface area contributed by atoms with Crippen LogP contribution in [0.25, 0.3) is 10.4 Å². The highest BCUT2D eigenvalue weighted by molar-refractivity contribution is 7.13. The van der Waals surface area contributed by atoms with Gasteiger partial charge in [-0.25, -0.2) is 0 Å². The minimum Gasteiger partial charge on any atom is -0.392 e. The van der Waals surface area contributed by atoms with Crippen LogP contribution in [-0.2, 0) is 6.61 Å². The second-order valence-corrected chi connectivity index (χ2v) is 4.15. The summed E-state index contributed by atoms with van der Waals surface area (Å²) in [5, 5.41) is 21.5. The lowest BCUT2D eigenvalue weighted by Crippen LogP contribution is -1.87. The Bertz CT molecular complexity index is 504. The van der Waals surface area contributed by atoms with Crippen molar-refractivity contribution >= 4 is 17.0 Å². The Kier molecular flexibility index (Phi) is 2.98. The summed E-state index contributed by atoms with van der Waals surface area (Å²) in [4.78, 5) is 11.0. The van der Waals surface area contributed by atoms with Crippen LogP contribution in [0.2, 0.25) is 0 Å². The molecule has 16 heavy (non-hydrogen) atoms. The van der Waals surface area contributed by atoms with Gasteiger partial charge in [-0.05, 0) is 34.7 Å². The van der Waals surface area contributed by atoms with Crippen LogP contribution in [0.5, 0.6) is 0 Å². The smallest absolute Gasteiger partial charge is 0.269 e. The molecule has 0 saturated carbocycles. The van der Waals surface area contributed by atoms with Crippen LogP contribution in [0.1, 0.15) is 5.56 Å². The fourth-order valence-corrected chi connectivity index (χ4v) is 2.37. The zero-order valence-electron chi connectivity index (χ0n) is 8.29. The number of nitro groups is 1. The van der Waals surface area contributed by atoms with Crippen LogP contribution >= 0.6 is 11.3 Å². The number of non-ortho nitro benzene ring substituents is 1. The van der Waals surface area contributed by atoms with E-state index in [-0.39, 0.29) is 12.3 Å². The first kappa shape index (κ1) is 10.8. The number of thiophene rings is 1. The third-order valence-electron chi connectivity index (χ3n) is 2.26. The minimum absolute atomic E-state index is 0.0180. The molecule has 0 bridgehead atoms. The highest BCUT2D eigenvalue weighted by Crippen LogP contribution is 2.30. The number of benzene rings is 1. The average molecular weight is 235 g/mol. The van der Waals surface area contributed by atoms with E-state index < -0.39 is 4.92 Å². The van der Waals surface area contributed by atoms with E-state index in [9.17, 15) is 10.1 Å². The average Bonchev–Trinajstić information content (AvgIpc) is 2.77. The first-order valence-corrected chi connectivity index (χ1v) is 5.52. The molecule has 0 unspecified atom stereocenters. The van der Waals surface area contributed by atoms with E-state index in [1.165, 1.54) is 23.5 Å². The molecule has 0 aliphatic carbocycles. The van der Waals surface area contributed by atoms with Gasteiger partial charge in [0.05, 0.1) is 11.5 Å². The molecule has 0 spiro atoms. The maximum absolute atomic E-state index is 10.5. The molecule has 5 heteroatoms. The summed E-state index contributed by atoms with van der Waals surface area (Å²) in [7, 11) is 0. The summed E-state index contributed by atoms with van der Waals surface area (Å²) in [6.45, 7) is -0.0180. The van der Waals surface area contributed by atoms with Gasteiger partial charge in [0.15, 0.2) is 0 Å². The molecule has 4 nitrogen and oxygen atoms in total. The number of hydrogen-bond acceptors (Lipinski definition) is 4. The predicted octanol–water partition coefficient (Wildman–Crippen LogP) is 2.82. The van der Waals surface area contributed by atoms with Crippen molar-refractivity contribution in [1.29, 1.82) is 0 Å². The van der Waals surface area contributed by atoms with Crippen LogP contribution in [0.15, 0.2) is 35.7 Å². The van der Waals surface area contributed by atoms with E-state index in [1.54, 1.807) is 12.1 Å². The number of hydrogen-bond donors (Lipinski definition) is 1. The summed E-state index contributed by atoms with van der Waals surface area (Å²) < 4.78 is 0. The molecule has 0 radical (unpaired) electrons. The van der Waals surface area contributed by atoms with Crippen molar-refractivity contribution in [2.45, 2.75) is 6.61 Å². The molecule has 2 aromatic rings. The van der Waals surface area contributed by atoms with Crippen molar-refractivity contribution in [3.05, 3.63) is 51.4 Å². The summed E-state index contributed by atoms with van der Waals surface area (Å²) in [5.74, 6) is 0. The number of rotatable bonds is 3. The maximum atomic E-state index is 10.5. The first-order chi connectivity index (χ1) is 7.72. The zero-order chi connectivity index (χ0) is 11.5. The highest BCUT2D eigenvalue weighted by Gasteiger charge is 2.08. The molecule has 1 N–H and O–H groups in total. The predicted molar refractivity (Wildman–Crippen MR) is 62.3 cm³/mol. The van der Waals surface area contributed by atoms with Gasteiger partial charge in [-0.3, -0.25) is 10.1 Å². The molecule has 82 valence electrons. The molecule has 2 rings (SSSR count). The van der Waals surface area contributed by atoms with Gasteiger partial charge >= 0.3 is 0 Å². The number of nitrogens with zero attached hydrogens (tertiary/aromatic N) is 1. The molecule has 0 atom stereocenters. The Hall–Kier alpha value is -1.72. The first-order valence-electron chi connectivity index (χ1n) is 4.64. The summed E-state index contributed by atoms with van der Waals surface area (Å²) >= 11 is 1.51. The summed E-state index contributed by atoms with van der Waals surface area (Å²) in [6.07, 6.45) is 0. The molecule has 1 heterocycles. The maximum Gasteiger partial charge on any atom is 0.269 e. The molecule has 0 amide bonds. The molecule has 0 aliphatic heterocycles. The number of aliphatic hydroxyl groups excluding tert-OH is 1. The Balaban J connectivity index is 2.38. The van der Waals surface area contributed by atoms with Gasteiger partial charge in [-0.15, -0.1) is 11.3 Å². The van der Waals surface area contributed by atoms with E-state index in [4.69, 9.17) is 5.11 Å². The Labute approximate surface area is 95.9 Å². The van der Waals surface area contributed by atoms with E-state index >= 15 is 0 Å². The van der Waals surface area contributed by atoms with Crippen LogP contribution in [0, 0.1) is 10.1 Å². The van der Waals surface area contributed by atoms with Gasteiger partial charge in [0.1, 0.15) is 0 Å². The van der Waals surface area contributed by atoms with E-state index in [1.807, 2.05) is 11.4 Å². The van der Waals surface area contributed by atoms with Crippen LogP contribution in [0.3, 0.4) is 0 Å². The van der Waals surface area contributed by atoms with Gasteiger partial charge in [-0.2, -0.15) is 0 Å². The second-order valence-electron chi connectivity index (χ2n) is 3.24. The fourth-order valence-electron chi connectivity index (χ4n) is 1.45. The summed E-state index contributed by atoms with van der Waals surface area (Å²) in [5.41, 5.74) is 1.81. The largest absolute Gasteiger partial charge is 0.392 e. The van der Waals surface area contributed by atoms with Gasteiger partial charge in [0, 0.05) is 17.0 Å². The Morgan fingerprint density at radius 2 is 1.94 bits per heavy atom. The van der Waals surface area contributed by atoms with Crippen molar-refractivity contribution in [3.8, 4) is 10.4 Å². The molecular formula is C11H9NO3S. The SMILES string of the molecule is O=[N+]([O-])c1ccc(-c2sccc2CO)cc1. The number of aliphatic hydroxyl groups is 1. The monoisotopic (exact) mass is 235 g/mol. The standard InChI is InChI=1S/C11H9NO3S/c13-7-9-5-6-16-11(9)8-1-3-10(4-2-8)12(14)15/h1-6,13H,7H2. The Morgan fingerprint density at radius 3 is 2.50 bits per heavy atom. The van der Waals surface area contributed by atoms with Crippen molar-refractivity contribution in [1.82, 2.24) is 0 Å². The molecule has 0 fully saturated rings. The van der Waals surface area contributed by atoms with Gasteiger partial charge in [0.25, 0.3) is 5.69 Å². The van der Waals surface area contributed by atoms with E-state index in [2.05, 4.69) is 0 Å². The molecular weight excluding hydrogens is 226 g/mol. The summed E-state index contributed by atoms with van der Waals surface area (Å²) in [6, 6.07) is 8.18. The Morgan fingerprint density at radius 1 is 1.25 bits per heavy atom. The van der Waals surface area contributed by atoms with Gasteiger partial charge in [0.2, 0.25) is 0 Å². The van der Waals surface area contributed by atoms with Crippen molar-refractivity contribution in [2.75, 3.05) is 0 Å². The van der Waals surface area contributed by atoms with Crippen molar-refractivity contribution in [2.24, 2.45) is 0 Å². The van der Waals surface area contributed by atoms with Crippen LogP contribution in [-0.4, -0.2) is 10.0 Å². The molecule has 1 aromatic heterocycles. The lowest BCUT2D eigenvalue weighted by molar-refractivity contribution is -0.384. The van der Waals surface area contributed by atoms with Crippen molar-refractivity contribution in [3.63, 3.8) is 0 Å². The van der Waals surface area contributed by atoms with Crippen LogP contribution < -0.4 is 0 Å². The third kappa shape index (κ3) is 1.95. The number of nitro benzene ring substituents is 1. The molecule has 0 aliphatic rings. The van der Waals surface area contributed by atoms with E-state index in [0.29, 0.717) is 0 Å². The van der Waals surface area contributed by atoms with Crippen LogP contribution in [0.4, 0.5) is 5.69 Å². The topological polar surface area (TPSA) is 63.4 Å². The lowest BCUT2D eigenvalue weighted by Gasteiger charge is -2.00. The lowest BCUT2D eigenvalue weighted by atomic mass is 10.1. The van der Waals surface area contributed by atoms with Gasteiger partial charge < -0.3 is 5.11 Å². The van der Waals surface area contributed by atoms with Crippen molar-refractivity contribution < 1.29 is 10.0 Å². The molecule has 1 aromatic carbocycles. The minimum atomic E-state index is -0.425. The fraction of sp³-hybridized carbons (Fsp3) is 0.0909. The zero-order valence-corrected chi connectivity index (χ0v) is 9.11. The highest BCUT2D eigenvalue weighted by atomic mass is 32.1.